The molecule has 1 aromatic heterocycles. The maximum atomic E-state index is 5.35. The van der Waals surface area contributed by atoms with E-state index in [1.54, 1.807) is 0 Å². The molecule has 0 unspecified atom stereocenters. The third-order valence-corrected chi connectivity index (χ3v) is 2.85. The van der Waals surface area contributed by atoms with Gasteiger partial charge in [-0.3, -0.25) is 0 Å². The van der Waals surface area contributed by atoms with Crippen molar-refractivity contribution in [3.8, 4) is 11.5 Å². The van der Waals surface area contributed by atoms with Gasteiger partial charge in [0, 0.05) is 11.5 Å². The van der Waals surface area contributed by atoms with E-state index in [4.69, 9.17) is 4.52 Å². The Morgan fingerprint density at radius 3 is 2.72 bits per heavy atom. The van der Waals surface area contributed by atoms with Gasteiger partial charge in [-0.1, -0.05) is 37.2 Å². The van der Waals surface area contributed by atoms with Crippen molar-refractivity contribution in [3.05, 3.63) is 35.7 Å². The van der Waals surface area contributed by atoms with Crippen molar-refractivity contribution in [1.29, 1.82) is 0 Å². The summed E-state index contributed by atoms with van der Waals surface area (Å²) < 4.78 is 5.35. The van der Waals surface area contributed by atoms with Gasteiger partial charge in [-0.25, -0.2) is 0 Å². The summed E-state index contributed by atoms with van der Waals surface area (Å²) in [6.07, 6.45) is 0.950. The van der Waals surface area contributed by atoms with E-state index >= 15 is 0 Å². The van der Waals surface area contributed by atoms with Crippen molar-refractivity contribution in [3.63, 3.8) is 0 Å². The summed E-state index contributed by atoms with van der Waals surface area (Å²) in [5.41, 5.74) is 2.26. The summed E-state index contributed by atoms with van der Waals surface area (Å²) in [4.78, 5) is 4.45. The number of hydrogen-bond acceptors (Lipinski definition) is 4. The van der Waals surface area contributed by atoms with Crippen LogP contribution >= 0.6 is 0 Å². The van der Waals surface area contributed by atoms with Gasteiger partial charge in [-0.15, -0.1) is 0 Å². The maximum Gasteiger partial charge on any atom is 0.258 e. The molecule has 1 heterocycles. The molecule has 0 atom stereocenters. The van der Waals surface area contributed by atoms with Gasteiger partial charge in [0.25, 0.3) is 5.89 Å². The summed E-state index contributed by atoms with van der Waals surface area (Å²) in [6.45, 7) is 5.05. The van der Waals surface area contributed by atoms with Gasteiger partial charge in [-0.05, 0) is 31.6 Å². The lowest BCUT2D eigenvalue weighted by Gasteiger charge is -2.05. The summed E-state index contributed by atoms with van der Waals surface area (Å²) in [7, 11) is 1.95. The molecule has 0 fully saturated rings. The van der Waals surface area contributed by atoms with Crippen molar-refractivity contribution in [1.82, 2.24) is 15.5 Å². The van der Waals surface area contributed by atoms with Crippen LogP contribution in [-0.2, 0) is 6.42 Å². The fourth-order valence-electron chi connectivity index (χ4n) is 1.79. The molecule has 1 aromatic carbocycles. The minimum atomic E-state index is 0.284. The molecule has 96 valence electrons. The number of likely N-dealkylation sites (N-methyl/N-ethyl adjacent to an activating group) is 1. The Hall–Kier alpha value is -1.68. The Labute approximate surface area is 107 Å². The van der Waals surface area contributed by atoms with Crippen LogP contribution in [0.1, 0.15) is 31.2 Å². The van der Waals surface area contributed by atoms with Gasteiger partial charge in [0.1, 0.15) is 0 Å². The smallest absolute Gasteiger partial charge is 0.258 e. The summed E-state index contributed by atoms with van der Waals surface area (Å²) in [5.74, 6) is 1.66. The molecule has 0 spiro atoms. The molecule has 0 aliphatic rings. The number of benzene rings is 1. The van der Waals surface area contributed by atoms with Crippen molar-refractivity contribution in [2.75, 3.05) is 13.6 Å². The predicted molar refractivity (Wildman–Crippen MR) is 71.5 cm³/mol. The molecule has 1 N–H and O–H groups in total. The lowest BCUT2D eigenvalue weighted by atomic mass is 10.0. The van der Waals surface area contributed by atoms with Crippen molar-refractivity contribution in [2.24, 2.45) is 0 Å². The molecule has 0 saturated carbocycles. The Morgan fingerprint density at radius 2 is 2.06 bits per heavy atom. The number of hydrogen-bond donors (Lipinski definition) is 1. The van der Waals surface area contributed by atoms with E-state index in [9.17, 15) is 0 Å². The quantitative estimate of drug-likeness (QED) is 0.879. The second kappa shape index (κ2) is 5.78. The standard InChI is InChI=1S/C14H19N3O/c1-10(2)13-16-14(18-17-13)12-7-5-4-6-11(12)8-9-15-3/h4-7,10,15H,8-9H2,1-3H3. The first-order chi connectivity index (χ1) is 8.72. The first-order valence-corrected chi connectivity index (χ1v) is 6.29. The van der Waals surface area contributed by atoms with E-state index in [1.165, 1.54) is 5.56 Å². The fourth-order valence-corrected chi connectivity index (χ4v) is 1.79. The molecule has 2 rings (SSSR count). The number of aromatic nitrogens is 2. The van der Waals surface area contributed by atoms with E-state index in [1.807, 2.05) is 25.2 Å². The molecular weight excluding hydrogens is 226 g/mol. The van der Waals surface area contributed by atoms with Gasteiger partial charge >= 0.3 is 0 Å². The van der Waals surface area contributed by atoms with Crippen LogP contribution in [-0.4, -0.2) is 23.7 Å². The zero-order valence-corrected chi connectivity index (χ0v) is 11.1. The third-order valence-electron chi connectivity index (χ3n) is 2.85. The highest BCUT2D eigenvalue weighted by molar-refractivity contribution is 5.58. The zero-order valence-electron chi connectivity index (χ0n) is 11.1. The van der Waals surface area contributed by atoms with Crippen molar-refractivity contribution in [2.45, 2.75) is 26.2 Å². The fraction of sp³-hybridized carbons (Fsp3) is 0.429. The Balaban J connectivity index is 2.30. The lowest BCUT2D eigenvalue weighted by Crippen LogP contribution is -2.10. The highest BCUT2D eigenvalue weighted by Gasteiger charge is 2.13. The van der Waals surface area contributed by atoms with Crippen LogP contribution in [0.2, 0.25) is 0 Å². The Kier molecular flexibility index (Phi) is 4.10. The second-order valence-corrected chi connectivity index (χ2v) is 4.62. The number of rotatable bonds is 5. The minimum absolute atomic E-state index is 0.284. The average molecular weight is 245 g/mol. The van der Waals surface area contributed by atoms with E-state index in [0.29, 0.717) is 5.89 Å². The van der Waals surface area contributed by atoms with Crippen LogP contribution in [0.4, 0.5) is 0 Å². The molecule has 0 aliphatic carbocycles. The zero-order chi connectivity index (χ0) is 13.0. The Morgan fingerprint density at radius 1 is 1.28 bits per heavy atom. The summed E-state index contributed by atoms with van der Waals surface area (Å²) in [6, 6.07) is 8.17. The number of nitrogens with zero attached hydrogens (tertiary/aromatic N) is 2. The molecule has 0 bridgehead atoms. The second-order valence-electron chi connectivity index (χ2n) is 4.62. The van der Waals surface area contributed by atoms with Crippen molar-refractivity contribution >= 4 is 0 Å². The molecule has 4 heteroatoms. The summed E-state index contributed by atoms with van der Waals surface area (Å²) in [5, 5.41) is 7.16. The molecule has 2 aromatic rings. The van der Waals surface area contributed by atoms with E-state index in [-0.39, 0.29) is 5.92 Å². The van der Waals surface area contributed by atoms with Gasteiger partial charge in [0.2, 0.25) is 0 Å². The van der Waals surface area contributed by atoms with Crippen LogP contribution in [0, 0.1) is 0 Å². The van der Waals surface area contributed by atoms with Gasteiger partial charge in [0.15, 0.2) is 5.82 Å². The SMILES string of the molecule is CNCCc1ccccc1-c1nc(C(C)C)no1. The molecule has 0 aliphatic heterocycles. The topological polar surface area (TPSA) is 51.0 Å². The van der Waals surface area contributed by atoms with Gasteiger partial charge in [-0.2, -0.15) is 4.98 Å². The molecule has 0 saturated heterocycles. The van der Waals surface area contributed by atoms with Crippen LogP contribution in [0.3, 0.4) is 0 Å². The van der Waals surface area contributed by atoms with Crippen LogP contribution < -0.4 is 5.32 Å². The Bertz CT molecular complexity index is 505. The third kappa shape index (κ3) is 2.76. The summed E-state index contributed by atoms with van der Waals surface area (Å²) >= 11 is 0. The van der Waals surface area contributed by atoms with Gasteiger partial charge < -0.3 is 9.84 Å². The monoisotopic (exact) mass is 245 g/mol. The van der Waals surface area contributed by atoms with Crippen LogP contribution in [0.15, 0.2) is 28.8 Å². The number of nitrogens with one attached hydrogen (secondary N) is 1. The predicted octanol–water partition coefficient (Wildman–Crippen LogP) is 2.62. The highest BCUT2D eigenvalue weighted by atomic mass is 16.5. The van der Waals surface area contributed by atoms with E-state index < -0.39 is 0 Å². The molecule has 18 heavy (non-hydrogen) atoms. The van der Waals surface area contributed by atoms with E-state index in [0.717, 1.165) is 24.4 Å². The first kappa shape index (κ1) is 12.8. The minimum Gasteiger partial charge on any atom is -0.334 e. The lowest BCUT2D eigenvalue weighted by molar-refractivity contribution is 0.419. The van der Waals surface area contributed by atoms with Crippen LogP contribution in [0.5, 0.6) is 0 Å². The first-order valence-electron chi connectivity index (χ1n) is 6.29. The molecule has 4 nitrogen and oxygen atoms in total. The average Bonchev–Trinajstić information content (AvgIpc) is 2.86. The van der Waals surface area contributed by atoms with Crippen LogP contribution in [0.25, 0.3) is 11.5 Å². The highest BCUT2D eigenvalue weighted by Crippen LogP contribution is 2.23. The van der Waals surface area contributed by atoms with E-state index in [2.05, 4.69) is 35.4 Å². The van der Waals surface area contributed by atoms with Crippen molar-refractivity contribution < 1.29 is 4.52 Å². The molecule has 0 radical (unpaired) electrons. The normalized spacial score (nSPS) is 11.1. The molecular formula is C14H19N3O. The largest absolute Gasteiger partial charge is 0.334 e. The van der Waals surface area contributed by atoms with Gasteiger partial charge in [0.05, 0.1) is 0 Å². The molecule has 0 amide bonds. The maximum absolute atomic E-state index is 5.35.